The predicted molar refractivity (Wildman–Crippen MR) is 86.1 cm³/mol. The number of aliphatic hydroxyl groups is 1. The number of hydrogen-bond acceptors (Lipinski definition) is 3. The Kier molecular flexibility index (Phi) is 3.73. The highest BCUT2D eigenvalue weighted by Crippen LogP contribution is 2.47. The SMILES string of the molecule is Cc1ccc(C)c2c(C)c(C(=O)NCCC3(CO)CC3)oc12. The van der Waals surface area contributed by atoms with Crippen molar-refractivity contribution in [2.24, 2.45) is 5.41 Å². The Morgan fingerprint density at radius 2 is 1.95 bits per heavy atom. The summed E-state index contributed by atoms with van der Waals surface area (Å²) in [7, 11) is 0. The number of furan rings is 1. The van der Waals surface area contributed by atoms with Crippen molar-refractivity contribution in [1.29, 1.82) is 0 Å². The zero-order chi connectivity index (χ0) is 15.9. The van der Waals surface area contributed by atoms with Crippen LogP contribution in [0, 0.1) is 26.2 Å². The van der Waals surface area contributed by atoms with Crippen LogP contribution in [0.3, 0.4) is 0 Å². The lowest BCUT2D eigenvalue weighted by Gasteiger charge is -2.11. The van der Waals surface area contributed by atoms with Crippen LogP contribution in [0.15, 0.2) is 16.5 Å². The summed E-state index contributed by atoms with van der Waals surface area (Å²) in [5.74, 6) is 0.238. The van der Waals surface area contributed by atoms with E-state index in [1.165, 1.54) is 0 Å². The fraction of sp³-hybridized carbons (Fsp3) is 0.500. The minimum Gasteiger partial charge on any atom is -0.450 e. The number of nitrogens with one attached hydrogen (secondary N) is 1. The van der Waals surface area contributed by atoms with E-state index in [9.17, 15) is 9.90 Å². The summed E-state index contributed by atoms with van der Waals surface area (Å²) >= 11 is 0. The van der Waals surface area contributed by atoms with Gasteiger partial charge in [0.2, 0.25) is 0 Å². The fourth-order valence-electron chi connectivity index (χ4n) is 3.08. The minimum absolute atomic E-state index is 0.0589. The molecule has 1 aromatic carbocycles. The van der Waals surface area contributed by atoms with Crippen LogP contribution in [-0.4, -0.2) is 24.2 Å². The van der Waals surface area contributed by atoms with Crippen LogP contribution < -0.4 is 5.32 Å². The molecule has 118 valence electrons. The van der Waals surface area contributed by atoms with E-state index in [0.29, 0.717) is 12.3 Å². The Labute approximate surface area is 130 Å². The molecule has 0 aliphatic heterocycles. The number of fused-ring (bicyclic) bond motifs is 1. The number of carbonyl (C=O) groups is 1. The Morgan fingerprint density at radius 3 is 2.55 bits per heavy atom. The smallest absolute Gasteiger partial charge is 0.287 e. The third-order valence-corrected chi connectivity index (χ3v) is 4.92. The van der Waals surface area contributed by atoms with Gasteiger partial charge in [-0.2, -0.15) is 0 Å². The van der Waals surface area contributed by atoms with E-state index in [2.05, 4.69) is 11.4 Å². The normalized spacial score (nSPS) is 16.0. The third kappa shape index (κ3) is 2.52. The Morgan fingerprint density at radius 1 is 1.27 bits per heavy atom. The predicted octanol–water partition coefficient (Wildman–Crippen LogP) is 3.25. The van der Waals surface area contributed by atoms with Gasteiger partial charge in [-0.3, -0.25) is 4.79 Å². The quantitative estimate of drug-likeness (QED) is 0.891. The van der Waals surface area contributed by atoms with Gasteiger partial charge in [-0.05, 0) is 56.6 Å². The van der Waals surface area contributed by atoms with E-state index in [0.717, 1.165) is 46.9 Å². The van der Waals surface area contributed by atoms with Gasteiger partial charge in [-0.1, -0.05) is 12.1 Å². The number of hydrogen-bond donors (Lipinski definition) is 2. The lowest BCUT2D eigenvalue weighted by Crippen LogP contribution is -2.27. The van der Waals surface area contributed by atoms with Crippen molar-refractivity contribution in [3.05, 3.63) is 34.6 Å². The van der Waals surface area contributed by atoms with Gasteiger partial charge >= 0.3 is 0 Å². The molecule has 1 amide bonds. The van der Waals surface area contributed by atoms with Crippen LogP contribution >= 0.6 is 0 Å². The van der Waals surface area contributed by atoms with E-state index in [-0.39, 0.29) is 17.9 Å². The molecule has 4 heteroatoms. The Hall–Kier alpha value is -1.81. The van der Waals surface area contributed by atoms with Crippen molar-refractivity contribution in [3.8, 4) is 0 Å². The molecule has 1 aliphatic carbocycles. The van der Waals surface area contributed by atoms with E-state index < -0.39 is 0 Å². The minimum atomic E-state index is -0.166. The molecule has 1 fully saturated rings. The molecule has 2 N–H and O–H groups in total. The van der Waals surface area contributed by atoms with Crippen molar-refractivity contribution in [2.45, 2.75) is 40.0 Å². The lowest BCUT2D eigenvalue weighted by molar-refractivity contribution is 0.0921. The van der Waals surface area contributed by atoms with Crippen molar-refractivity contribution < 1.29 is 14.3 Å². The second-order valence-electron chi connectivity index (χ2n) is 6.62. The molecule has 4 nitrogen and oxygen atoms in total. The van der Waals surface area contributed by atoms with Gasteiger partial charge in [0.25, 0.3) is 5.91 Å². The second-order valence-corrected chi connectivity index (χ2v) is 6.62. The highest BCUT2D eigenvalue weighted by atomic mass is 16.3. The van der Waals surface area contributed by atoms with Crippen molar-refractivity contribution >= 4 is 16.9 Å². The summed E-state index contributed by atoms with van der Waals surface area (Å²) in [6, 6.07) is 4.07. The number of carbonyl (C=O) groups excluding carboxylic acids is 1. The fourth-order valence-corrected chi connectivity index (χ4v) is 3.08. The van der Waals surface area contributed by atoms with Crippen LogP contribution in [0.2, 0.25) is 0 Å². The van der Waals surface area contributed by atoms with Crippen LogP contribution in [0.4, 0.5) is 0 Å². The summed E-state index contributed by atoms with van der Waals surface area (Å²) < 4.78 is 5.84. The molecule has 1 aromatic heterocycles. The number of benzene rings is 1. The largest absolute Gasteiger partial charge is 0.450 e. The standard InChI is InChI=1S/C18H23NO3/c1-11-4-5-12(2)15-14(11)13(3)16(22-15)17(21)19-9-8-18(10-20)6-7-18/h4-5,20H,6-10H2,1-3H3,(H,19,21). The number of aliphatic hydroxyl groups excluding tert-OH is 1. The molecule has 0 bridgehead atoms. The molecule has 22 heavy (non-hydrogen) atoms. The molecule has 3 rings (SSSR count). The first kappa shape index (κ1) is 15.1. The van der Waals surface area contributed by atoms with Crippen LogP contribution in [0.1, 0.15) is 46.5 Å². The van der Waals surface area contributed by atoms with Gasteiger partial charge < -0.3 is 14.8 Å². The maximum absolute atomic E-state index is 12.4. The van der Waals surface area contributed by atoms with E-state index in [1.54, 1.807) is 0 Å². The lowest BCUT2D eigenvalue weighted by atomic mass is 10.0. The Balaban J connectivity index is 1.78. The summed E-state index contributed by atoms with van der Waals surface area (Å²) in [5, 5.41) is 13.3. The zero-order valence-corrected chi connectivity index (χ0v) is 13.5. The van der Waals surface area contributed by atoms with Crippen LogP contribution in [0.5, 0.6) is 0 Å². The summed E-state index contributed by atoms with van der Waals surface area (Å²) in [6.07, 6.45) is 2.94. The monoisotopic (exact) mass is 301 g/mol. The number of aryl methyl sites for hydroxylation is 3. The number of rotatable bonds is 5. The molecule has 0 spiro atoms. The highest BCUT2D eigenvalue weighted by Gasteiger charge is 2.41. The van der Waals surface area contributed by atoms with Gasteiger partial charge in [0.1, 0.15) is 5.58 Å². The summed E-state index contributed by atoms with van der Waals surface area (Å²) in [5.41, 5.74) is 3.93. The maximum atomic E-state index is 12.4. The van der Waals surface area contributed by atoms with E-state index in [4.69, 9.17) is 4.42 Å². The first-order valence-electron chi connectivity index (χ1n) is 7.86. The summed E-state index contributed by atoms with van der Waals surface area (Å²) in [4.78, 5) is 12.4. The molecule has 1 aliphatic rings. The summed E-state index contributed by atoms with van der Waals surface area (Å²) in [6.45, 7) is 6.75. The third-order valence-electron chi connectivity index (χ3n) is 4.92. The first-order chi connectivity index (χ1) is 10.5. The number of amides is 1. The zero-order valence-electron chi connectivity index (χ0n) is 13.5. The molecule has 1 saturated carbocycles. The van der Waals surface area contributed by atoms with Crippen LogP contribution in [0.25, 0.3) is 11.0 Å². The van der Waals surface area contributed by atoms with Gasteiger partial charge in [0, 0.05) is 24.1 Å². The van der Waals surface area contributed by atoms with Gasteiger partial charge in [-0.15, -0.1) is 0 Å². The van der Waals surface area contributed by atoms with Gasteiger partial charge in [-0.25, -0.2) is 0 Å². The first-order valence-corrected chi connectivity index (χ1v) is 7.86. The van der Waals surface area contributed by atoms with Gasteiger partial charge in [0.05, 0.1) is 0 Å². The van der Waals surface area contributed by atoms with E-state index in [1.807, 2.05) is 26.8 Å². The van der Waals surface area contributed by atoms with Gasteiger partial charge in [0.15, 0.2) is 5.76 Å². The Bertz CT molecular complexity index is 725. The van der Waals surface area contributed by atoms with Crippen molar-refractivity contribution in [2.75, 3.05) is 13.2 Å². The average molecular weight is 301 g/mol. The average Bonchev–Trinajstić information content (AvgIpc) is 3.19. The maximum Gasteiger partial charge on any atom is 0.287 e. The van der Waals surface area contributed by atoms with Crippen molar-refractivity contribution in [3.63, 3.8) is 0 Å². The molecule has 1 heterocycles. The molecular formula is C18H23NO3. The molecule has 0 saturated heterocycles. The topological polar surface area (TPSA) is 62.5 Å². The molecule has 0 radical (unpaired) electrons. The molecular weight excluding hydrogens is 278 g/mol. The molecule has 0 unspecified atom stereocenters. The molecule has 2 aromatic rings. The highest BCUT2D eigenvalue weighted by molar-refractivity contribution is 6.00. The van der Waals surface area contributed by atoms with E-state index >= 15 is 0 Å². The van der Waals surface area contributed by atoms with Crippen molar-refractivity contribution in [1.82, 2.24) is 5.32 Å². The molecule has 0 atom stereocenters. The second kappa shape index (κ2) is 5.43. The van der Waals surface area contributed by atoms with Crippen LogP contribution in [-0.2, 0) is 0 Å².